The van der Waals surface area contributed by atoms with E-state index in [9.17, 15) is 9.18 Å². The molecule has 0 spiro atoms. The van der Waals surface area contributed by atoms with Gasteiger partial charge in [0, 0.05) is 6.04 Å². The van der Waals surface area contributed by atoms with Gasteiger partial charge in [-0.3, -0.25) is 9.69 Å². The Balaban J connectivity index is 2.94. The number of carbonyl (C=O) groups is 1. The smallest absolute Gasteiger partial charge is 0.317 e. The van der Waals surface area contributed by atoms with E-state index in [0.717, 1.165) is 5.56 Å². The van der Waals surface area contributed by atoms with Crippen LogP contribution in [0.5, 0.6) is 0 Å². The summed E-state index contributed by atoms with van der Waals surface area (Å²) in [7, 11) is 0. The maximum Gasteiger partial charge on any atom is 0.317 e. The summed E-state index contributed by atoms with van der Waals surface area (Å²) in [6.07, 6.45) is 5.20. The summed E-state index contributed by atoms with van der Waals surface area (Å²) >= 11 is 5.70. The lowest BCUT2D eigenvalue weighted by Gasteiger charge is -2.25. The highest BCUT2D eigenvalue weighted by atomic mass is 35.5. The average molecular weight is 270 g/mol. The van der Waals surface area contributed by atoms with Gasteiger partial charge in [-0.15, -0.1) is 6.42 Å². The van der Waals surface area contributed by atoms with Crippen LogP contribution in [-0.4, -0.2) is 29.1 Å². The fourth-order valence-corrected chi connectivity index (χ4v) is 1.79. The first-order valence-electron chi connectivity index (χ1n) is 5.30. The van der Waals surface area contributed by atoms with Gasteiger partial charge in [0.1, 0.15) is 5.82 Å². The summed E-state index contributed by atoms with van der Waals surface area (Å²) in [5.74, 6) is 0.933. The molecule has 96 valence electrons. The van der Waals surface area contributed by atoms with E-state index in [0.29, 0.717) is 0 Å². The van der Waals surface area contributed by atoms with Crippen molar-refractivity contribution in [3.05, 3.63) is 34.6 Å². The van der Waals surface area contributed by atoms with Crippen LogP contribution in [0.2, 0.25) is 5.02 Å². The van der Waals surface area contributed by atoms with Gasteiger partial charge in [-0.2, -0.15) is 0 Å². The molecule has 0 saturated heterocycles. The second kappa shape index (κ2) is 6.39. The van der Waals surface area contributed by atoms with E-state index < -0.39 is 11.8 Å². The Kier molecular flexibility index (Phi) is 5.14. The maximum absolute atomic E-state index is 13.0. The molecule has 0 saturated carbocycles. The van der Waals surface area contributed by atoms with Gasteiger partial charge in [-0.1, -0.05) is 23.6 Å². The van der Waals surface area contributed by atoms with E-state index in [1.165, 1.54) is 12.1 Å². The molecule has 1 aromatic carbocycles. The molecule has 0 fully saturated rings. The largest absolute Gasteiger partial charge is 0.480 e. The van der Waals surface area contributed by atoms with Crippen LogP contribution in [0.3, 0.4) is 0 Å². The quantitative estimate of drug-likeness (QED) is 0.835. The van der Waals surface area contributed by atoms with Gasteiger partial charge < -0.3 is 5.11 Å². The van der Waals surface area contributed by atoms with Gasteiger partial charge >= 0.3 is 5.97 Å². The van der Waals surface area contributed by atoms with Crippen LogP contribution < -0.4 is 0 Å². The van der Waals surface area contributed by atoms with Crippen molar-refractivity contribution in [1.82, 2.24) is 4.90 Å². The molecule has 0 aromatic heterocycles. The van der Waals surface area contributed by atoms with Crippen molar-refractivity contribution in [1.29, 1.82) is 0 Å². The molecule has 3 nitrogen and oxygen atoms in total. The number of benzene rings is 1. The molecule has 1 rings (SSSR count). The van der Waals surface area contributed by atoms with Crippen LogP contribution in [0.15, 0.2) is 18.2 Å². The van der Waals surface area contributed by atoms with E-state index >= 15 is 0 Å². The van der Waals surface area contributed by atoms with Crippen LogP contribution >= 0.6 is 11.6 Å². The zero-order chi connectivity index (χ0) is 13.7. The molecule has 1 N–H and O–H groups in total. The van der Waals surface area contributed by atoms with E-state index in [4.69, 9.17) is 23.1 Å². The highest BCUT2D eigenvalue weighted by molar-refractivity contribution is 6.30. The molecule has 0 bridgehead atoms. The van der Waals surface area contributed by atoms with Crippen molar-refractivity contribution in [2.45, 2.75) is 13.0 Å². The molecule has 18 heavy (non-hydrogen) atoms. The van der Waals surface area contributed by atoms with Gasteiger partial charge in [0.05, 0.1) is 18.1 Å². The second-order valence-corrected chi connectivity index (χ2v) is 4.26. The molecule has 1 aromatic rings. The van der Waals surface area contributed by atoms with Crippen molar-refractivity contribution in [2.24, 2.45) is 0 Å². The van der Waals surface area contributed by atoms with Gasteiger partial charge in [-0.25, -0.2) is 4.39 Å². The molecular formula is C13H13ClFNO2. The number of carboxylic acid groups (broad SMARTS) is 1. The normalized spacial score (nSPS) is 12.2. The lowest BCUT2D eigenvalue weighted by Crippen LogP contribution is -2.32. The van der Waals surface area contributed by atoms with Crippen LogP contribution in [-0.2, 0) is 4.79 Å². The predicted molar refractivity (Wildman–Crippen MR) is 67.9 cm³/mol. The minimum absolute atomic E-state index is 0.00957. The molecule has 0 heterocycles. The van der Waals surface area contributed by atoms with Crippen LogP contribution in [0.1, 0.15) is 18.5 Å². The Bertz CT molecular complexity index is 484. The molecule has 0 amide bonds. The summed E-state index contributed by atoms with van der Waals surface area (Å²) in [6, 6.07) is 4.04. The Morgan fingerprint density at radius 2 is 2.33 bits per heavy atom. The summed E-state index contributed by atoms with van der Waals surface area (Å²) in [5.41, 5.74) is 0.720. The van der Waals surface area contributed by atoms with Crippen molar-refractivity contribution in [3.63, 3.8) is 0 Å². The highest BCUT2D eigenvalue weighted by Gasteiger charge is 2.18. The molecule has 1 unspecified atom stereocenters. The molecule has 0 radical (unpaired) electrons. The Labute approximate surface area is 110 Å². The zero-order valence-electron chi connectivity index (χ0n) is 9.86. The monoisotopic (exact) mass is 269 g/mol. The number of nitrogens with zero attached hydrogens (tertiary/aromatic N) is 1. The van der Waals surface area contributed by atoms with Crippen molar-refractivity contribution in [2.75, 3.05) is 13.1 Å². The maximum atomic E-state index is 13.0. The highest BCUT2D eigenvalue weighted by Crippen LogP contribution is 2.24. The Morgan fingerprint density at radius 3 is 2.83 bits per heavy atom. The van der Waals surface area contributed by atoms with Crippen LogP contribution in [0.25, 0.3) is 0 Å². The third kappa shape index (κ3) is 3.73. The standard InChI is InChI=1S/C13H13ClFNO2/c1-3-6-16(8-13(17)18)9(2)10-4-5-12(15)11(14)7-10/h1,4-5,7,9H,6,8H2,2H3,(H,17,18). The van der Waals surface area contributed by atoms with Crippen LogP contribution in [0, 0.1) is 18.2 Å². The number of hydrogen-bond acceptors (Lipinski definition) is 2. The fourth-order valence-electron chi connectivity index (χ4n) is 1.60. The van der Waals surface area contributed by atoms with E-state index in [1.807, 2.05) is 0 Å². The summed E-state index contributed by atoms with van der Waals surface area (Å²) in [5, 5.41) is 8.82. The first-order valence-corrected chi connectivity index (χ1v) is 5.67. The number of hydrogen-bond donors (Lipinski definition) is 1. The minimum Gasteiger partial charge on any atom is -0.480 e. The van der Waals surface area contributed by atoms with Gasteiger partial charge in [0.2, 0.25) is 0 Å². The van der Waals surface area contributed by atoms with Crippen LogP contribution in [0.4, 0.5) is 4.39 Å². The predicted octanol–water partition coefficient (Wildman–Crippen LogP) is 2.56. The second-order valence-electron chi connectivity index (χ2n) is 3.85. The summed E-state index contributed by atoms with van der Waals surface area (Å²) in [6.45, 7) is 1.81. The molecule has 0 aliphatic rings. The topological polar surface area (TPSA) is 40.5 Å². The van der Waals surface area contributed by atoms with E-state index in [-0.39, 0.29) is 24.2 Å². The first kappa shape index (κ1) is 14.5. The first-order chi connectivity index (χ1) is 8.45. The molecule has 1 atom stereocenters. The minimum atomic E-state index is -0.967. The van der Waals surface area contributed by atoms with Crippen molar-refractivity contribution < 1.29 is 14.3 Å². The molecule has 0 aliphatic heterocycles. The lowest BCUT2D eigenvalue weighted by molar-refractivity contribution is -0.138. The number of rotatable bonds is 5. The number of halogens is 2. The third-order valence-electron chi connectivity index (χ3n) is 2.61. The molecular weight excluding hydrogens is 257 g/mol. The third-order valence-corrected chi connectivity index (χ3v) is 2.90. The summed E-state index contributed by atoms with van der Waals surface area (Å²) in [4.78, 5) is 12.3. The van der Waals surface area contributed by atoms with Gasteiger partial charge in [-0.05, 0) is 24.6 Å². The van der Waals surface area contributed by atoms with E-state index in [1.54, 1.807) is 17.9 Å². The number of carboxylic acids is 1. The molecule has 5 heteroatoms. The van der Waals surface area contributed by atoms with Crippen molar-refractivity contribution >= 4 is 17.6 Å². The summed E-state index contributed by atoms with van der Waals surface area (Å²) < 4.78 is 13.0. The van der Waals surface area contributed by atoms with Crippen molar-refractivity contribution in [3.8, 4) is 12.3 Å². The SMILES string of the molecule is C#CCN(CC(=O)O)C(C)c1ccc(F)c(Cl)c1. The lowest BCUT2D eigenvalue weighted by atomic mass is 10.1. The fraction of sp³-hybridized carbons (Fsp3) is 0.308. The van der Waals surface area contributed by atoms with Gasteiger partial charge in [0.15, 0.2) is 0 Å². The van der Waals surface area contributed by atoms with E-state index in [2.05, 4.69) is 5.92 Å². The number of aliphatic carboxylic acids is 1. The Hall–Kier alpha value is -1.57. The Morgan fingerprint density at radius 1 is 1.67 bits per heavy atom. The average Bonchev–Trinajstić information content (AvgIpc) is 2.31. The molecule has 0 aliphatic carbocycles. The van der Waals surface area contributed by atoms with Gasteiger partial charge in [0.25, 0.3) is 0 Å². The zero-order valence-corrected chi connectivity index (χ0v) is 10.6. The number of terminal acetylenes is 1.